The summed E-state index contributed by atoms with van der Waals surface area (Å²) < 4.78 is 11.0. The molecule has 0 spiro atoms. The van der Waals surface area contributed by atoms with Gasteiger partial charge in [0.2, 0.25) is 0 Å². The monoisotopic (exact) mass is 278 g/mol. The molecule has 0 saturated carbocycles. The maximum atomic E-state index is 11.7. The number of benzene rings is 1. The predicted molar refractivity (Wildman–Crippen MR) is 76.4 cm³/mol. The zero-order valence-corrected chi connectivity index (χ0v) is 11.6. The lowest BCUT2D eigenvalue weighted by Crippen LogP contribution is -2.31. The van der Waals surface area contributed by atoms with Crippen LogP contribution in [0.4, 0.5) is 0 Å². The molecular weight excluding hydrogens is 256 g/mol. The summed E-state index contributed by atoms with van der Waals surface area (Å²) in [4.78, 5) is 11.7. The Balaban J connectivity index is 1.66. The normalized spacial score (nSPS) is 17.9. The van der Waals surface area contributed by atoms with Gasteiger partial charge in [0.15, 0.2) is 6.61 Å². The van der Waals surface area contributed by atoms with Gasteiger partial charge in [0.25, 0.3) is 5.91 Å². The Kier molecular flexibility index (Phi) is 5.83. The Morgan fingerprint density at radius 2 is 2.30 bits per heavy atom. The highest BCUT2D eigenvalue weighted by Crippen LogP contribution is 2.17. The number of rotatable bonds is 7. The lowest BCUT2D eigenvalue weighted by molar-refractivity contribution is -0.123. The molecule has 0 aliphatic carbocycles. The Hall–Kier alpha value is -1.59. The van der Waals surface area contributed by atoms with E-state index in [0.29, 0.717) is 24.9 Å². The van der Waals surface area contributed by atoms with Crippen LogP contribution in [0.25, 0.3) is 0 Å². The fraction of sp³-hybridized carbons (Fsp3) is 0.533. The van der Waals surface area contributed by atoms with E-state index in [4.69, 9.17) is 15.2 Å². The fourth-order valence-corrected chi connectivity index (χ4v) is 2.25. The van der Waals surface area contributed by atoms with E-state index in [1.165, 1.54) is 0 Å². The van der Waals surface area contributed by atoms with Crippen LogP contribution in [0.1, 0.15) is 24.8 Å². The summed E-state index contributed by atoms with van der Waals surface area (Å²) in [6.45, 7) is 1.89. The molecule has 5 nitrogen and oxygen atoms in total. The van der Waals surface area contributed by atoms with Crippen molar-refractivity contribution in [1.82, 2.24) is 5.32 Å². The van der Waals surface area contributed by atoms with Crippen LogP contribution in [-0.2, 0) is 16.1 Å². The van der Waals surface area contributed by atoms with E-state index in [9.17, 15) is 4.79 Å². The summed E-state index contributed by atoms with van der Waals surface area (Å²) in [7, 11) is 0. The van der Waals surface area contributed by atoms with Gasteiger partial charge in [-0.2, -0.15) is 0 Å². The van der Waals surface area contributed by atoms with Gasteiger partial charge < -0.3 is 20.5 Å². The number of amides is 1. The highest BCUT2D eigenvalue weighted by atomic mass is 16.5. The van der Waals surface area contributed by atoms with Crippen molar-refractivity contribution in [2.75, 3.05) is 19.8 Å². The number of carbonyl (C=O) groups is 1. The minimum Gasteiger partial charge on any atom is -0.483 e. The molecule has 1 aromatic carbocycles. The van der Waals surface area contributed by atoms with Crippen LogP contribution in [0, 0.1) is 0 Å². The van der Waals surface area contributed by atoms with E-state index in [2.05, 4.69) is 5.32 Å². The molecule has 1 amide bonds. The second-order valence-electron chi connectivity index (χ2n) is 4.87. The summed E-state index contributed by atoms with van der Waals surface area (Å²) in [6, 6.07) is 7.48. The molecule has 1 heterocycles. The molecule has 1 saturated heterocycles. The lowest BCUT2D eigenvalue weighted by Gasteiger charge is -2.12. The zero-order valence-electron chi connectivity index (χ0n) is 11.6. The molecule has 1 atom stereocenters. The molecule has 1 fully saturated rings. The SMILES string of the molecule is NCc1ccccc1OCC(=O)NCCC1CCCO1. The molecule has 5 heteroatoms. The standard InChI is InChI=1S/C15H22N2O3/c16-10-12-4-1-2-6-14(12)20-11-15(18)17-8-7-13-5-3-9-19-13/h1-2,4,6,13H,3,5,7-11,16H2,(H,17,18). The molecule has 1 aromatic rings. The van der Waals surface area contributed by atoms with Crippen LogP contribution >= 0.6 is 0 Å². The first-order valence-corrected chi connectivity index (χ1v) is 7.08. The summed E-state index contributed by atoms with van der Waals surface area (Å²) in [5, 5.41) is 2.84. The maximum Gasteiger partial charge on any atom is 0.257 e. The van der Waals surface area contributed by atoms with Crippen LogP contribution in [0.2, 0.25) is 0 Å². The third kappa shape index (κ3) is 4.51. The number of nitrogens with one attached hydrogen (secondary N) is 1. The number of ether oxygens (including phenoxy) is 2. The number of para-hydroxylation sites is 1. The van der Waals surface area contributed by atoms with Gasteiger partial charge >= 0.3 is 0 Å². The average Bonchev–Trinajstić information content (AvgIpc) is 2.98. The van der Waals surface area contributed by atoms with Gasteiger partial charge in [-0.05, 0) is 25.3 Å². The number of hydrogen-bond donors (Lipinski definition) is 2. The first kappa shape index (κ1) is 14.8. The minimum absolute atomic E-state index is 0.0164. The molecule has 1 aliphatic rings. The second kappa shape index (κ2) is 7.87. The third-order valence-corrected chi connectivity index (χ3v) is 3.36. The predicted octanol–water partition coefficient (Wildman–Crippen LogP) is 1.21. The summed E-state index contributed by atoms with van der Waals surface area (Å²) in [6.07, 6.45) is 3.38. The summed E-state index contributed by atoms with van der Waals surface area (Å²) in [5.74, 6) is 0.555. The topological polar surface area (TPSA) is 73.6 Å². The van der Waals surface area contributed by atoms with Gasteiger partial charge in [-0.15, -0.1) is 0 Å². The van der Waals surface area contributed by atoms with Gasteiger partial charge in [0.1, 0.15) is 5.75 Å². The molecule has 2 rings (SSSR count). The van der Waals surface area contributed by atoms with Crippen LogP contribution in [0.15, 0.2) is 24.3 Å². The van der Waals surface area contributed by atoms with Crippen molar-refractivity contribution in [1.29, 1.82) is 0 Å². The molecule has 3 N–H and O–H groups in total. The molecule has 1 unspecified atom stereocenters. The van der Waals surface area contributed by atoms with E-state index in [-0.39, 0.29) is 12.5 Å². The van der Waals surface area contributed by atoms with Gasteiger partial charge in [-0.1, -0.05) is 18.2 Å². The first-order valence-electron chi connectivity index (χ1n) is 7.08. The molecule has 0 bridgehead atoms. The van der Waals surface area contributed by atoms with Crippen molar-refractivity contribution in [3.05, 3.63) is 29.8 Å². The molecule has 110 valence electrons. The summed E-state index contributed by atoms with van der Waals surface area (Å²) in [5.41, 5.74) is 6.52. The highest BCUT2D eigenvalue weighted by molar-refractivity contribution is 5.77. The van der Waals surface area contributed by atoms with Gasteiger partial charge in [0, 0.05) is 25.3 Å². The van der Waals surface area contributed by atoms with Gasteiger partial charge in [-0.3, -0.25) is 4.79 Å². The number of carbonyl (C=O) groups excluding carboxylic acids is 1. The van der Waals surface area contributed by atoms with Crippen molar-refractivity contribution in [3.8, 4) is 5.75 Å². The van der Waals surface area contributed by atoms with Crippen LogP contribution in [-0.4, -0.2) is 31.8 Å². The number of nitrogens with two attached hydrogens (primary N) is 1. The van der Waals surface area contributed by atoms with E-state index < -0.39 is 0 Å². The second-order valence-corrected chi connectivity index (χ2v) is 4.87. The fourth-order valence-electron chi connectivity index (χ4n) is 2.25. The number of hydrogen-bond acceptors (Lipinski definition) is 4. The van der Waals surface area contributed by atoms with Crippen LogP contribution in [0.5, 0.6) is 5.75 Å². The maximum absolute atomic E-state index is 11.7. The van der Waals surface area contributed by atoms with Gasteiger partial charge in [0.05, 0.1) is 6.10 Å². The van der Waals surface area contributed by atoms with E-state index >= 15 is 0 Å². The molecule has 0 radical (unpaired) electrons. The molecular formula is C15H22N2O3. The minimum atomic E-state index is -0.116. The zero-order chi connectivity index (χ0) is 14.2. The van der Waals surface area contributed by atoms with E-state index in [1.807, 2.05) is 24.3 Å². The Labute approximate surface area is 119 Å². The van der Waals surface area contributed by atoms with E-state index in [1.54, 1.807) is 0 Å². The molecule has 0 aromatic heterocycles. The third-order valence-electron chi connectivity index (χ3n) is 3.36. The first-order chi connectivity index (χ1) is 9.79. The quantitative estimate of drug-likeness (QED) is 0.786. The van der Waals surface area contributed by atoms with Crippen molar-refractivity contribution < 1.29 is 14.3 Å². The Bertz CT molecular complexity index is 431. The Morgan fingerprint density at radius 3 is 3.05 bits per heavy atom. The van der Waals surface area contributed by atoms with Gasteiger partial charge in [-0.25, -0.2) is 0 Å². The largest absolute Gasteiger partial charge is 0.483 e. The highest BCUT2D eigenvalue weighted by Gasteiger charge is 2.15. The van der Waals surface area contributed by atoms with Crippen molar-refractivity contribution >= 4 is 5.91 Å². The van der Waals surface area contributed by atoms with Crippen molar-refractivity contribution in [3.63, 3.8) is 0 Å². The smallest absolute Gasteiger partial charge is 0.257 e. The van der Waals surface area contributed by atoms with Crippen LogP contribution < -0.4 is 15.8 Å². The molecule has 1 aliphatic heterocycles. The molecule has 20 heavy (non-hydrogen) atoms. The Morgan fingerprint density at radius 1 is 1.45 bits per heavy atom. The van der Waals surface area contributed by atoms with Crippen LogP contribution in [0.3, 0.4) is 0 Å². The van der Waals surface area contributed by atoms with Crippen molar-refractivity contribution in [2.24, 2.45) is 5.73 Å². The van der Waals surface area contributed by atoms with E-state index in [0.717, 1.165) is 31.4 Å². The van der Waals surface area contributed by atoms with Crippen molar-refractivity contribution in [2.45, 2.75) is 31.9 Å². The lowest BCUT2D eigenvalue weighted by atomic mass is 10.2. The average molecular weight is 278 g/mol. The summed E-state index contributed by atoms with van der Waals surface area (Å²) >= 11 is 0.